The number of amides is 1. The Morgan fingerprint density at radius 3 is 2.59 bits per heavy atom. The molecule has 5 nitrogen and oxygen atoms in total. The van der Waals surface area contributed by atoms with Gasteiger partial charge < -0.3 is 14.8 Å². The van der Waals surface area contributed by atoms with Gasteiger partial charge in [0.25, 0.3) is 0 Å². The molecule has 1 atom stereocenters. The molecule has 0 unspecified atom stereocenters. The van der Waals surface area contributed by atoms with Gasteiger partial charge in [0.05, 0.1) is 20.6 Å². The van der Waals surface area contributed by atoms with E-state index < -0.39 is 0 Å². The Balaban J connectivity index is 1.61. The Labute approximate surface area is 174 Å². The Hall–Kier alpha value is -2.53. The summed E-state index contributed by atoms with van der Waals surface area (Å²) in [4.78, 5) is 15.1. The maximum absolute atomic E-state index is 12.6. The molecule has 1 N–H and O–H groups in total. The Morgan fingerprint density at radius 2 is 1.86 bits per heavy atom. The summed E-state index contributed by atoms with van der Waals surface area (Å²) in [6.07, 6.45) is 4.14. The standard InChI is InChI=1S/C24H32N2O3/c1-18-8-6-7-13-26(18)17-21-10-5-4-9-20(21)16-25-24(27)14-19-11-12-22(28-2)15-23(19)29-3/h4-5,9-12,15,18H,6-8,13-14,16-17H2,1-3H3,(H,25,27)/t18-/m1/s1. The molecular weight excluding hydrogens is 364 g/mol. The van der Waals surface area contributed by atoms with E-state index in [9.17, 15) is 4.79 Å². The van der Waals surface area contributed by atoms with Crippen LogP contribution in [0.15, 0.2) is 42.5 Å². The van der Waals surface area contributed by atoms with E-state index in [1.807, 2.05) is 18.2 Å². The Bertz CT molecular complexity index is 822. The number of rotatable bonds is 8. The number of methoxy groups -OCH3 is 2. The zero-order valence-corrected chi connectivity index (χ0v) is 17.7. The SMILES string of the molecule is COc1ccc(CC(=O)NCc2ccccc2CN2CCCC[C@H]2C)c(OC)c1. The van der Waals surface area contributed by atoms with E-state index in [-0.39, 0.29) is 12.3 Å². The first-order valence-corrected chi connectivity index (χ1v) is 10.4. The van der Waals surface area contributed by atoms with Crippen LogP contribution in [0.2, 0.25) is 0 Å². The third kappa shape index (κ3) is 5.73. The van der Waals surface area contributed by atoms with Crippen molar-refractivity contribution in [3.8, 4) is 11.5 Å². The average molecular weight is 397 g/mol. The van der Waals surface area contributed by atoms with Crippen molar-refractivity contribution in [3.05, 3.63) is 59.2 Å². The highest BCUT2D eigenvalue weighted by Crippen LogP contribution is 2.25. The van der Waals surface area contributed by atoms with Crippen molar-refractivity contribution in [1.82, 2.24) is 10.2 Å². The number of ether oxygens (including phenoxy) is 2. The highest BCUT2D eigenvalue weighted by Gasteiger charge is 2.19. The third-order valence-corrected chi connectivity index (χ3v) is 5.75. The molecule has 1 fully saturated rings. The van der Waals surface area contributed by atoms with Crippen LogP contribution in [0.25, 0.3) is 0 Å². The minimum atomic E-state index is -0.0189. The number of benzene rings is 2. The molecule has 0 aliphatic carbocycles. The van der Waals surface area contributed by atoms with E-state index in [4.69, 9.17) is 9.47 Å². The predicted octanol–water partition coefficient (Wildman–Crippen LogP) is 3.94. The fourth-order valence-electron chi connectivity index (χ4n) is 3.92. The molecule has 1 aliphatic heterocycles. The van der Waals surface area contributed by atoms with Crippen LogP contribution in [0, 0.1) is 0 Å². The number of nitrogens with zero attached hydrogens (tertiary/aromatic N) is 1. The fraction of sp³-hybridized carbons (Fsp3) is 0.458. The molecule has 0 aromatic heterocycles. The summed E-state index contributed by atoms with van der Waals surface area (Å²) < 4.78 is 10.6. The van der Waals surface area contributed by atoms with Crippen LogP contribution in [-0.4, -0.2) is 37.6 Å². The molecule has 2 aromatic rings. The van der Waals surface area contributed by atoms with Crippen molar-refractivity contribution in [2.75, 3.05) is 20.8 Å². The van der Waals surface area contributed by atoms with Gasteiger partial charge in [-0.2, -0.15) is 0 Å². The highest BCUT2D eigenvalue weighted by atomic mass is 16.5. The number of piperidine rings is 1. The summed E-state index contributed by atoms with van der Waals surface area (Å²) in [7, 11) is 3.22. The van der Waals surface area contributed by atoms with Crippen LogP contribution in [0.5, 0.6) is 11.5 Å². The molecule has 0 radical (unpaired) electrons. The summed E-state index contributed by atoms with van der Waals surface area (Å²) in [5, 5.41) is 3.07. The largest absolute Gasteiger partial charge is 0.497 e. The molecule has 1 saturated heterocycles. The summed E-state index contributed by atoms with van der Waals surface area (Å²) in [6, 6.07) is 14.6. The number of hydrogen-bond donors (Lipinski definition) is 1. The summed E-state index contributed by atoms with van der Waals surface area (Å²) in [5.41, 5.74) is 3.32. The normalized spacial score (nSPS) is 17.0. The maximum Gasteiger partial charge on any atom is 0.224 e. The van der Waals surface area contributed by atoms with Crippen LogP contribution in [0.4, 0.5) is 0 Å². The van der Waals surface area contributed by atoms with Crippen molar-refractivity contribution >= 4 is 5.91 Å². The predicted molar refractivity (Wildman–Crippen MR) is 115 cm³/mol. The zero-order valence-electron chi connectivity index (χ0n) is 17.7. The van der Waals surface area contributed by atoms with Gasteiger partial charge >= 0.3 is 0 Å². The van der Waals surface area contributed by atoms with Crippen LogP contribution in [0.1, 0.15) is 42.9 Å². The second-order valence-corrected chi connectivity index (χ2v) is 7.72. The smallest absolute Gasteiger partial charge is 0.224 e. The average Bonchev–Trinajstić information content (AvgIpc) is 2.75. The lowest BCUT2D eigenvalue weighted by Crippen LogP contribution is -2.37. The third-order valence-electron chi connectivity index (χ3n) is 5.75. The van der Waals surface area contributed by atoms with Gasteiger partial charge in [-0.05, 0) is 43.5 Å². The van der Waals surface area contributed by atoms with Crippen LogP contribution >= 0.6 is 0 Å². The second-order valence-electron chi connectivity index (χ2n) is 7.72. The highest BCUT2D eigenvalue weighted by molar-refractivity contribution is 5.79. The number of hydrogen-bond acceptors (Lipinski definition) is 4. The molecule has 1 heterocycles. The number of likely N-dealkylation sites (tertiary alicyclic amines) is 1. The molecule has 0 bridgehead atoms. The Kier molecular flexibility index (Phi) is 7.53. The van der Waals surface area contributed by atoms with Crippen LogP contribution in [-0.2, 0) is 24.3 Å². The van der Waals surface area contributed by atoms with E-state index in [0.29, 0.717) is 24.1 Å². The van der Waals surface area contributed by atoms with Gasteiger partial charge in [0.1, 0.15) is 11.5 Å². The molecule has 1 aliphatic rings. The molecule has 0 saturated carbocycles. The van der Waals surface area contributed by atoms with E-state index >= 15 is 0 Å². The van der Waals surface area contributed by atoms with Gasteiger partial charge in [-0.1, -0.05) is 36.8 Å². The molecule has 0 spiro atoms. The lowest BCUT2D eigenvalue weighted by atomic mass is 10.0. The van der Waals surface area contributed by atoms with E-state index in [1.54, 1.807) is 20.3 Å². The number of nitrogens with one attached hydrogen (secondary N) is 1. The summed E-state index contributed by atoms with van der Waals surface area (Å²) in [6.45, 7) is 4.94. The molecule has 2 aromatic carbocycles. The topological polar surface area (TPSA) is 50.8 Å². The van der Waals surface area contributed by atoms with Crippen molar-refractivity contribution in [3.63, 3.8) is 0 Å². The van der Waals surface area contributed by atoms with Crippen molar-refractivity contribution in [1.29, 1.82) is 0 Å². The molecule has 5 heteroatoms. The van der Waals surface area contributed by atoms with Crippen molar-refractivity contribution in [2.24, 2.45) is 0 Å². The number of carbonyl (C=O) groups is 1. The molecule has 1 amide bonds. The van der Waals surface area contributed by atoms with Gasteiger partial charge in [0.15, 0.2) is 0 Å². The van der Waals surface area contributed by atoms with E-state index in [0.717, 1.165) is 18.7 Å². The summed E-state index contributed by atoms with van der Waals surface area (Å²) >= 11 is 0. The van der Waals surface area contributed by atoms with Gasteiger partial charge in [-0.15, -0.1) is 0 Å². The lowest BCUT2D eigenvalue weighted by molar-refractivity contribution is -0.120. The van der Waals surface area contributed by atoms with E-state index in [1.165, 1.54) is 30.4 Å². The monoisotopic (exact) mass is 396 g/mol. The minimum absolute atomic E-state index is 0.0189. The van der Waals surface area contributed by atoms with Gasteiger partial charge in [0, 0.05) is 30.8 Å². The number of carbonyl (C=O) groups excluding carboxylic acids is 1. The van der Waals surface area contributed by atoms with Crippen molar-refractivity contribution < 1.29 is 14.3 Å². The van der Waals surface area contributed by atoms with E-state index in [2.05, 4.69) is 35.3 Å². The zero-order chi connectivity index (χ0) is 20.6. The van der Waals surface area contributed by atoms with Gasteiger partial charge in [-0.25, -0.2) is 0 Å². The van der Waals surface area contributed by atoms with Crippen molar-refractivity contribution in [2.45, 2.75) is 51.7 Å². The first kappa shape index (κ1) is 21.2. The van der Waals surface area contributed by atoms with Crippen LogP contribution < -0.4 is 14.8 Å². The summed E-state index contributed by atoms with van der Waals surface area (Å²) in [5.74, 6) is 1.36. The lowest BCUT2D eigenvalue weighted by Gasteiger charge is -2.33. The quantitative estimate of drug-likeness (QED) is 0.734. The second kappa shape index (κ2) is 10.3. The first-order chi connectivity index (χ1) is 14.1. The maximum atomic E-state index is 12.6. The fourth-order valence-corrected chi connectivity index (χ4v) is 3.92. The van der Waals surface area contributed by atoms with Gasteiger partial charge in [-0.3, -0.25) is 9.69 Å². The van der Waals surface area contributed by atoms with Crippen LogP contribution in [0.3, 0.4) is 0 Å². The first-order valence-electron chi connectivity index (χ1n) is 10.4. The van der Waals surface area contributed by atoms with Gasteiger partial charge in [0.2, 0.25) is 5.91 Å². The molecule has 29 heavy (non-hydrogen) atoms. The Morgan fingerprint density at radius 1 is 1.07 bits per heavy atom. The molecule has 3 rings (SSSR count). The molecule has 156 valence electrons. The molecular formula is C24H32N2O3. The minimum Gasteiger partial charge on any atom is -0.497 e.